The number of carbonyl (C=O) groups is 1. The van der Waals surface area contributed by atoms with E-state index in [1.54, 1.807) is 0 Å². The summed E-state index contributed by atoms with van der Waals surface area (Å²) in [5.74, 6) is -1.12. The molecule has 0 aliphatic carbocycles. The lowest BCUT2D eigenvalue weighted by atomic mass is 9.94. The molecule has 2 heterocycles. The molecule has 5 rings (SSSR count). The first kappa shape index (κ1) is 23.5. The van der Waals surface area contributed by atoms with Crippen LogP contribution in [0.4, 0.5) is 18.9 Å². The maximum absolute atomic E-state index is 13.9. The van der Waals surface area contributed by atoms with Crippen LogP contribution in [0.5, 0.6) is 17.2 Å². The minimum Gasteiger partial charge on any atom is -0.493 e. The summed E-state index contributed by atoms with van der Waals surface area (Å²) in [4.78, 5) is 12.3. The van der Waals surface area contributed by atoms with E-state index in [4.69, 9.17) is 14.2 Å². The molecule has 2 aliphatic heterocycles. The van der Waals surface area contributed by atoms with Crippen LogP contribution < -0.4 is 18.5 Å². The van der Waals surface area contributed by atoms with Crippen molar-refractivity contribution < 1.29 is 45.7 Å². The fraction of sp³-hybridized carbons (Fsp3) is 0.125. The van der Waals surface area contributed by atoms with Crippen molar-refractivity contribution in [1.82, 2.24) is 0 Å². The fourth-order valence-corrected chi connectivity index (χ4v) is 5.97. The number of benzene rings is 3. The van der Waals surface area contributed by atoms with E-state index in [2.05, 4.69) is 0 Å². The van der Waals surface area contributed by atoms with Gasteiger partial charge in [0.15, 0.2) is 17.2 Å². The lowest BCUT2D eigenvalue weighted by molar-refractivity contribution is -0.137. The lowest BCUT2D eigenvalue weighted by Gasteiger charge is -2.34. The minimum absolute atomic E-state index is 0.00319. The lowest BCUT2D eigenvalue weighted by Crippen LogP contribution is -2.39. The van der Waals surface area contributed by atoms with Crippen molar-refractivity contribution in [1.29, 1.82) is 0 Å². The van der Waals surface area contributed by atoms with Crippen molar-refractivity contribution in [3.63, 3.8) is 0 Å². The van der Waals surface area contributed by atoms with Gasteiger partial charge in [-0.25, -0.2) is 17.5 Å². The van der Waals surface area contributed by atoms with Gasteiger partial charge in [0.1, 0.15) is 0 Å². The standard InChI is InChI=1S/C24H16F3NO7S/c1-33-17-10-13(11-18-22(17)35-12-34-18)20-14-6-2-5-9-19(14)36(31,32)28(21(20)23(29)30)16-8-4-3-7-15(16)24(25,26)27/h2-11H,12H2,1H3,(H,29,30). The number of halogens is 3. The average molecular weight is 519 g/mol. The molecule has 0 unspecified atom stereocenters. The summed E-state index contributed by atoms with van der Waals surface area (Å²) in [5, 5.41) is 10.2. The Bertz CT molecular complexity index is 1550. The van der Waals surface area contributed by atoms with Gasteiger partial charge in [-0.2, -0.15) is 13.2 Å². The van der Waals surface area contributed by atoms with Gasteiger partial charge in [0.05, 0.1) is 23.3 Å². The molecule has 3 aromatic carbocycles. The maximum atomic E-state index is 13.9. The van der Waals surface area contributed by atoms with Crippen LogP contribution in [0.25, 0.3) is 5.57 Å². The van der Waals surface area contributed by atoms with Crippen LogP contribution in [0.15, 0.2) is 71.3 Å². The van der Waals surface area contributed by atoms with Crippen LogP contribution >= 0.6 is 0 Å². The number of anilines is 1. The first-order chi connectivity index (χ1) is 17.1. The monoisotopic (exact) mass is 519 g/mol. The van der Waals surface area contributed by atoms with Crippen molar-refractivity contribution in [2.75, 3.05) is 18.2 Å². The molecule has 0 bridgehead atoms. The highest BCUT2D eigenvalue weighted by atomic mass is 32.2. The third-order valence-electron chi connectivity index (χ3n) is 5.69. The summed E-state index contributed by atoms with van der Waals surface area (Å²) >= 11 is 0. The Labute approximate surface area is 202 Å². The number of carboxylic acid groups (broad SMARTS) is 1. The van der Waals surface area contributed by atoms with Gasteiger partial charge in [-0.3, -0.25) is 0 Å². The van der Waals surface area contributed by atoms with Gasteiger partial charge in [0.2, 0.25) is 12.5 Å². The average Bonchev–Trinajstić information content (AvgIpc) is 3.31. The number of fused-ring (bicyclic) bond motifs is 2. The molecule has 0 saturated heterocycles. The Morgan fingerprint density at radius 1 is 1.06 bits per heavy atom. The van der Waals surface area contributed by atoms with Gasteiger partial charge in [-0.05, 0) is 35.9 Å². The number of methoxy groups -OCH3 is 1. The smallest absolute Gasteiger partial charge is 0.418 e. The molecule has 0 radical (unpaired) electrons. The Morgan fingerprint density at radius 2 is 1.75 bits per heavy atom. The molecule has 0 amide bonds. The zero-order chi connectivity index (χ0) is 25.8. The second-order valence-corrected chi connectivity index (χ2v) is 9.48. The number of rotatable bonds is 4. The van der Waals surface area contributed by atoms with Gasteiger partial charge in [-0.1, -0.05) is 30.3 Å². The van der Waals surface area contributed by atoms with Gasteiger partial charge in [0.25, 0.3) is 10.0 Å². The largest absolute Gasteiger partial charge is 0.493 e. The molecule has 1 N–H and O–H groups in total. The zero-order valence-corrected chi connectivity index (χ0v) is 19.2. The Kier molecular flexibility index (Phi) is 5.36. The molecule has 12 heteroatoms. The summed E-state index contributed by atoms with van der Waals surface area (Å²) in [6.07, 6.45) is -4.96. The molecule has 3 aromatic rings. The fourth-order valence-electron chi connectivity index (χ4n) is 4.25. The van der Waals surface area contributed by atoms with Crippen LogP contribution in [0.1, 0.15) is 16.7 Å². The number of alkyl halides is 3. The summed E-state index contributed by atoms with van der Waals surface area (Å²) < 4.78 is 85.5. The third-order valence-corrected chi connectivity index (χ3v) is 7.46. The Hall–Kier alpha value is -4.19. The number of ether oxygens (including phenoxy) is 3. The van der Waals surface area contributed by atoms with E-state index in [0.717, 1.165) is 12.1 Å². The molecular weight excluding hydrogens is 503 g/mol. The molecule has 0 spiro atoms. The molecule has 2 aliphatic rings. The number of aliphatic carboxylic acids is 1. The number of hydrogen-bond donors (Lipinski definition) is 1. The summed E-state index contributed by atoms with van der Waals surface area (Å²) in [6.45, 7) is -0.129. The van der Waals surface area contributed by atoms with Crippen molar-refractivity contribution in [2.45, 2.75) is 11.1 Å². The number of hydrogen-bond acceptors (Lipinski definition) is 6. The van der Waals surface area contributed by atoms with Gasteiger partial charge in [-0.15, -0.1) is 0 Å². The van der Waals surface area contributed by atoms with E-state index in [0.29, 0.717) is 6.07 Å². The van der Waals surface area contributed by atoms with Crippen molar-refractivity contribution in [2.24, 2.45) is 0 Å². The van der Waals surface area contributed by atoms with Gasteiger partial charge >= 0.3 is 12.1 Å². The summed E-state index contributed by atoms with van der Waals surface area (Å²) in [7, 11) is -3.43. The second-order valence-electron chi connectivity index (χ2n) is 7.72. The highest BCUT2D eigenvalue weighted by molar-refractivity contribution is 7.93. The first-order valence-electron chi connectivity index (χ1n) is 10.3. The van der Waals surface area contributed by atoms with E-state index in [1.807, 2.05) is 0 Å². The topological polar surface area (TPSA) is 102 Å². The third kappa shape index (κ3) is 3.52. The minimum atomic E-state index is -4.96. The molecule has 0 fully saturated rings. The molecule has 0 saturated carbocycles. The van der Waals surface area contributed by atoms with E-state index >= 15 is 0 Å². The molecule has 0 aromatic heterocycles. The second kappa shape index (κ2) is 8.19. The van der Waals surface area contributed by atoms with Gasteiger partial charge < -0.3 is 19.3 Å². The molecule has 0 atom stereocenters. The number of nitrogens with zero attached hydrogens (tertiary/aromatic N) is 1. The number of para-hydroxylation sites is 1. The van der Waals surface area contributed by atoms with Crippen LogP contribution in [-0.2, 0) is 21.0 Å². The predicted molar refractivity (Wildman–Crippen MR) is 120 cm³/mol. The number of sulfonamides is 1. The normalized spacial score (nSPS) is 16.1. The van der Waals surface area contributed by atoms with Crippen molar-refractivity contribution in [3.05, 3.63) is 83.1 Å². The van der Waals surface area contributed by atoms with Crippen molar-refractivity contribution in [3.8, 4) is 17.2 Å². The highest BCUT2D eigenvalue weighted by Gasteiger charge is 2.45. The molecule has 8 nitrogen and oxygen atoms in total. The quantitative estimate of drug-likeness (QED) is 0.542. The molecular formula is C24H16F3NO7S. The van der Waals surface area contributed by atoms with Crippen LogP contribution in [-0.4, -0.2) is 33.4 Å². The zero-order valence-electron chi connectivity index (χ0n) is 18.4. The summed E-state index contributed by atoms with van der Waals surface area (Å²) in [5.41, 5.74) is -3.04. The molecule has 36 heavy (non-hydrogen) atoms. The Balaban J connectivity index is 1.92. The van der Waals surface area contributed by atoms with E-state index < -0.39 is 39.1 Å². The van der Waals surface area contributed by atoms with Gasteiger partial charge in [0, 0.05) is 11.1 Å². The van der Waals surface area contributed by atoms with Crippen LogP contribution in [0.2, 0.25) is 0 Å². The van der Waals surface area contributed by atoms with E-state index in [1.165, 1.54) is 49.6 Å². The number of carboxylic acids is 1. The van der Waals surface area contributed by atoms with Crippen molar-refractivity contribution >= 4 is 27.3 Å². The van der Waals surface area contributed by atoms with Crippen LogP contribution in [0, 0.1) is 0 Å². The Morgan fingerprint density at radius 3 is 2.44 bits per heavy atom. The maximum Gasteiger partial charge on any atom is 0.418 e. The van der Waals surface area contributed by atoms with Crippen LogP contribution in [0.3, 0.4) is 0 Å². The predicted octanol–water partition coefficient (Wildman–Crippen LogP) is 4.50. The SMILES string of the molecule is COc1cc(C2=C(C(=O)O)N(c3ccccc3C(F)(F)F)S(=O)(=O)c3ccccc32)cc2c1OCO2. The molecule has 186 valence electrons. The summed E-state index contributed by atoms with van der Waals surface area (Å²) in [6, 6.07) is 12.2. The van der Waals surface area contributed by atoms with E-state index in [-0.39, 0.29) is 49.9 Å². The highest BCUT2D eigenvalue weighted by Crippen LogP contribution is 2.49. The first-order valence-corrected chi connectivity index (χ1v) is 11.8. The van der Waals surface area contributed by atoms with E-state index in [9.17, 15) is 31.5 Å².